The van der Waals surface area contributed by atoms with Crippen molar-refractivity contribution in [1.29, 1.82) is 0 Å². The number of hydrogen-bond acceptors (Lipinski definition) is 6. The second kappa shape index (κ2) is 8.85. The van der Waals surface area contributed by atoms with E-state index in [1.807, 2.05) is 4.90 Å². The SMILES string of the molecule is Cc1c(F)ccc(C(=O)N2CCC[C@@H](C)[C@H]2CNc2nc3ccc(F)cc3o2)c1-n1nccn1. The van der Waals surface area contributed by atoms with Crippen molar-refractivity contribution < 1.29 is 18.0 Å². The van der Waals surface area contributed by atoms with E-state index in [1.54, 1.807) is 13.0 Å². The number of likely N-dealkylation sites (tertiary alicyclic amines) is 1. The number of carbonyl (C=O) groups is 1. The topological polar surface area (TPSA) is 89.1 Å². The average molecular weight is 466 g/mol. The first-order valence-corrected chi connectivity index (χ1v) is 11.2. The molecule has 0 unspecified atom stereocenters. The molecule has 0 aliphatic carbocycles. The zero-order valence-corrected chi connectivity index (χ0v) is 18.8. The van der Waals surface area contributed by atoms with Crippen LogP contribution in [0.25, 0.3) is 16.8 Å². The lowest BCUT2D eigenvalue weighted by Gasteiger charge is -2.40. The molecule has 0 saturated carbocycles. The molecule has 8 nitrogen and oxygen atoms in total. The number of nitrogens with one attached hydrogen (secondary N) is 1. The van der Waals surface area contributed by atoms with Gasteiger partial charge in [0.15, 0.2) is 5.58 Å². The summed E-state index contributed by atoms with van der Waals surface area (Å²) < 4.78 is 33.5. The van der Waals surface area contributed by atoms with Crippen molar-refractivity contribution in [3.63, 3.8) is 0 Å². The van der Waals surface area contributed by atoms with Crippen LogP contribution in [0.1, 0.15) is 35.7 Å². The number of halogens is 2. The van der Waals surface area contributed by atoms with Gasteiger partial charge in [-0.1, -0.05) is 6.92 Å². The number of aromatic nitrogens is 4. The fraction of sp³-hybridized carbons (Fsp3) is 0.333. The smallest absolute Gasteiger partial charge is 0.295 e. The Balaban J connectivity index is 1.43. The van der Waals surface area contributed by atoms with Crippen molar-refractivity contribution in [2.75, 3.05) is 18.4 Å². The van der Waals surface area contributed by atoms with Crippen LogP contribution >= 0.6 is 0 Å². The van der Waals surface area contributed by atoms with Gasteiger partial charge in [0.05, 0.1) is 24.0 Å². The number of fused-ring (bicyclic) bond motifs is 1. The van der Waals surface area contributed by atoms with Crippen molar-refractivity contribution in [2.24, 2.45) is 5.92 Å². The number of hydrogen-bond donors (Lipinski definition) is 1. The maximum absolute atomic E-state index is 14.4. The second-order valence-electron chi connectivity index (χ2n) is 8.58. The van der Waals surface area contributed by atoms with Crippen LogP contribution in [0.4, 0.5) is 14.8 Å². The number of carbonyl (C=O) groups excluding carboxylic acids is 1. The van der Waals surface area contributed by atoms with Gasteiger partial charge < -0.3 is 14.6 Å². The maximum atomic E-state index is 14.4. The molecular weight excluding hydrogens is 442 g/mol. The Labute approximate surface area is 194 Å². The third kappa shape index (κ3) is 4.00. The van der Waals surface area contributed by atoms with Crippen molar-refractivity contribution in [2.45, 2.75) is 32.7 Å². The zero-order chi connectivity index (χ0) is 23.8. The molecule has 176 valence electrons. The Kier molecular flexibility index (Phi) is 5.72. The van der Waals surface area contributed by atoms with Gasteiger partial charge in [-0.25, -0.2) is 8.78 Å². The fourth-order valence-electron chi connectivity index (χ4n) is 4.57. The summed E-state index contributed by atoms with van der Waals surface area (Å²) in [5, 5.41) is 11.4. The van der Waals surface area contributed by atoms with E-state index >= 15 is 0 Å². The van der Waals surface area contributed by atoms with Gasteiger partial charge in [-0.2, -0.15) is 20.0 Å². The molecule has 1 amide bonds. The maximum Gasteiger partial charge on any atom is 0.295 e. The Hall–Kier alpha value is -3.82. The molecule has 3 heterocycles. The van der Waals surface area contributed by atoms with Gasteiger partial charge >= 0.3 is 0 Å². The van der Waals surface area contributed by atoms with Gasteiger partial charge in [-0.3, -0.25) is 4.79 Å². The van der Waals surface area contributed by atoms with Gasteiger partial charge in [0, 0.05) is 24.7 Å². The highest BCUT2D eigenvalue weighted by atomic mass is 19.1. The van der Waals surface area contributed by atoms with E-state index in [2.05, 4.69) is 27.4 Å². The molecule has 1 fully saturated rings. The second-order valence-corrected chi connectivity index (χ2v) is 8.58. The van der Waals surface area contributed by atoms with Crippen LogP contribution in [-0.2, 0) is 0 Å². The van der Waals surface area contributed by atoms with Gasteiger partial charge in [-0.05, 0) is 49.9 Å². The Morgan fingerprint density at radius 2 is 2.00 bits per heavy atom. The average Bonchev–Trinajstić information content (AvgIpc) is 3.49. The van der Waals surface area contributed by atoms with Crippen LogP contribution in [-0.4, -0.2) is 49.9 Å². The first-order valence-electron chi connectivity index (χ1n) is 11.2. The molecule has 4 aromatic rings. The summed E-state index contributed by atoms with van der Waals surface area (Å²) in [6.07, 6.45) is 4.80. The van der Waals surface area contributed by atoms with Crippen molar-refractivity contribution in [3.05, 3.63) is 65.5 Å². The highest BCUT2D eigenvalue weighted by molar-refractivity contribution is 5.98. The van der Waals surface area contributed by atoms with Crippen LogP contribution in [0.3, 0.4) is 0 Å². The normalized spacial score (nSPS) is 18.4. The van der Waals surface area contributed by atoms with Crippen LogP contribution in [0.15, 0.2) is 47.1 Å². The van der Waals surface area contributed by atoms with Gasteiger partial charge in [0.1, 0.15) is 22.8 Å². The number of anilines is 1. The summed E-state index contributed by atoms with van der Waals surface area (Å²) >= 11 is 0. The molecule has 2 atom stereocenters. The number of nitrogens with zero attached hydrogens (tertiary/aromatic N) is 5. The first kappa shape index (κ1) is 22.0. The molecule has 0 spiro atoms. The fourth-order valence-corrected chi connectivity index (χ4v) is 4.57. The molecule has 1 aliphatic rings. The number of rotatable bonds is 5. The van der Waals surface area contributed by atoms with Crippen molar-refractivity contribution >= 4 is 23.0 Å². The van der Waals surface area contributed by atoms with Crippen molar-refractivity contribution in [1.82, 2.24) is 24.9 Å². The molecule has 1 saturated heterocycles. The van der Waals surface area contributed by atoms with Gasteiger partial charge in [0.25, 0.3) is 11.9 Å². The standard InChI is InChI=1S/C24H24F2N6O2/c1-14-4-3-11-31(20(14)13-27-24-30-19-8-5-16(25)12-21(19)34-24)23(33)17-6-7-18(26)15(2)22(17)32-28-9-10-29-32/h5-10,12,14,20H,3-4,11,13H2,1-2H3,(H,27,30)/t14-,20-/m1/s1. The Morgan fingerprint density at radius 1 is 1.21 bits per heavy atom. The minimum absolute atomic E-state index is 0.156. The van der Waals surface area contributed by atoms with Crippen LogP contribution in [0, 0.1) is 24.5 Å². The van der Waals surface area contributed by atoms with E-state index in [4.69, 9.17) is 4.42 Å². The quantitative estimate of drug-likeness (QED) is 0.471. The van der Waals surface area contributed by atoms with Crippen LogP contribution in [0.5, 0.6) is 0 Å². The summed E-state index contributed by atoms with van der Waals surface area (Å²) in [5.74, 6) is -0.834. The molecule has 10 heteroatoms. The largest absolute Gasteiger partial charge is 0.423 e. The summed E-state index contributed by atoms with van der Waals surface area (Å²) in [4.78, 5) is 21.2. The lowest BCUT2D eigenvalue weighted by Crippen LogP contribution is -2.51. The molecule has 2 aromatic heterocycles. The van der Waals surface area contributed by atoms with Gasteiger partial charge in [0.2, 0.25) is 0 Å². The summed E-state index contributed by atoms with van der Waals surface area (Å²) in [7, 11) is 0. The molecular formula is C24H24F2N6O2. The summed E-state index contributed by atoms with van der Waals surface area (Å²) in [6.45, 7) is 4.67. The Bertz CT molecular complexity index is 1340. The monoisotopic (exact) mass is 466 g/mol. The molecule has 2 aromatic carbocycles. The summed E-state index contributed by atoms with van der Waals surface area (Å²) in [5.41, 5.74) is 1.88. The minimum Gasteiger partial charge on any atom is -0.423 e. The first-order chi connectivity index (χ1) is 16.4. The predicted molar refractivity (Wildman–Crippen MR) is 122 cm³/mol. The van der Waals surface area contributed by atoms with Crippen LogP contribution in [0.2, 0.25) is 0 Å². The summed E-state index contributed by atoms with van der Waals surface area (Å²) in [6, 6.07) is 7.07. The number of benzene rings is 2. The van der Waals surface area contributed by atoms with E-state index in [0.717, 1.165) is 12.8 Å². The van der Waals surface area contributed by atoms with Gasteiger partial charge in [-0.15, -0.1) is 0 Å². The predicted octanol–water partition coefficient (Wildman–Crippen LogP) is 4.35. The molecule has 5 rings (SSSR count). The molecule has 0 bridgehead atoms. The van der Waals surface area contributed by atoms with Crippen LogP contribution < -0.4 is 5.32 Å². The molecule has 0 radical (unpaired) electrons. The van der Waals surface area contributed by atoms with E-state index < -0.39 is 11.6 Å². The lowest BCUT2D eigenvalue weighted by molar-refractivity contribution is 0.0538. The molecule has 34 heavy (non-hydrogen) atoms. The number of oxazole rings is 1. The van der Waals surface area contributed by atoms with E-state index in [-0.39, 0.29) is 23.9 Å². The number of piperidine rings is 1. The molecule has 1 aliphatic heterocycles. The minimum atomic E-state index is -0.429. The van der Waals surface area contributed by atoms with Crippen molar-refractivity contribution in [3.8, 4) is 5.69 Å². The van der Waals surface area contributed by atoms with E-state index in [1.165, 1.54) is 41.5 Å². The van der Waals surface area contributed by atoms with E-state index in [9.17, 15) is 13.6 Å². The third-order valence-corrected chi connectivity index (χ3v) is 6.40. The molecule has 1 N–H and O–H groups in total. The Morgan fingerprint density at radius 3 is 2.79 bits per heavy atom. The number of amides is 1. The third-order valence-electron chi connectivity index (χ3n) is 6.40. The zero-order valence-electron chi connectivity index (χ0n) is 18.8. The highest BCUT2D eigenvalue weighted by Gasteiger charge is 2.34. The van der Waals surface area contributed by atoms with E-state index in [0.29, 0.717) is 41.0 Å². The highest BCUT2D eigenvalue weighted by Crippen LogP contribution is 2.29. The lowest BCUT2D eigenvalue weighted by atomic mass is 9.89.